The van der Waals surface area contributed by atoms with Crippen LogP contribution in [0.15, 0.2) is 30.5 Å². The van der Waals surface area contributed by atoms with Crippen molar-refractivity contribution in [1.82, 2.24) is 14.7 Å². The Morgan fingerprint density at radius 3 is 2.92 bits per heavy atom. The molecule has 0 N–H and O–H groups in total. The molecule has 3 rings (SSSR count). The first-order valence-corrected chi connectivity index (χ1v) is 9.33. The zero-order valence-corrected chi connectivity index (χ0v) is 15.1. The van der Waals surface area contributed by atoms with Crippen LogP contribution in [0.4, 0.5) is 8.78 Å². The Balaban J connectivity index is 1.60. The number of hydrogen-bond donors (Lipinski definition) is 0. The smallest absolute Gasteiger partial charge is 0.272 e. The van der Waals surface area contributed by atoms with Gasteiger partial charge < -0.3 is 4.90 Å². The number of aryl methyl sites for hydroxylation is 2. The van der Waals surface area contributed by atoms with Gasteiger partial charge in [0.25, 0.3) is 5.91 Å². The first-order chi connectivity index (χ1) is 12.6. The van der Waals surface area contributed by atoms with Gasteiger partial charge in [-0.05, 0) is 55.7 Å². The number of amides is 1. The van der Waals surface area contributed by atoms with Crippen LogP contribution in [0.2, 0.25) is 0 Å². The summed E-state index contributed by atoms with van der Waals surface area (Å²) in [6, 6.07) is 5.51. The summed E-state index contributed by atoms with van der Waals surface area (Å²) in [4.78, 5) is 14.7. The van der Waals surface area contributed by atoms with Gasteiger partial charge in [0.2, 0.25) is 0 Å². The van der Waals surface area contributed by atoms with Crippen LogP contribution in [0.1, 0.15) is 48.7 Å². The summed E-state index contributed by atoms with van der Waals surface area (Å²) in [5.74, 6) is -0.685. The molecule has 1 aliphatic rings. The molecule has 1 aromatic carbocycles. The Bertz CT molecular complexity index is 759. The molecule has 1 atom stereocenters. The Kier molecular flexibility index (Phi) is 6.01. The number of carbonyl (C=O) groups is 1. The number of halogens is 2. The van der Waals surface area contributed by atoms with E-state index in [-0.39, 0.29) is 5.91 Å². The minimum atomic E-state index is -0.552. The molecular formula is C20H25F2N3O. The second-order valence-corrected chi connectivity index (χ2v) is 6.97. The van der Waals surface area contributed by atoms with Crippen molar-refractivity contribution in [3.05, 3.63) is 53.4 Å². The third-order valence-corrected chi connectivity index (χ3v) is 5.01. The van der Waals surface area contributed by atoms with Gasteiger partial charge in [-0.25, -0.2) is 8.78 Å². The molecular weight excluding hydrogens is 336 g/mol. The predicted octanol–water partition coefficient (Wildman–Crippen LogP) is 4.06. The second kappa shape index (κ2) is 8.43. The standard InChI is InChI=1S/C20H25F2N3O/c1-2-11-25-19(9-10-23-25)20(26)24-12-3-4-15(14-24)5-6-16-7-8-17(21)13-18(16)22/h7-10,13,15H,2-6,11-12,14H2,1H3/t15-/m1/s1. The molecule has 0 bridgehead atoms. The second-order valence-electron chi connectivity index (χ2n) is 6.97. The highest BCUT2D eigenvalue weighted by Crippen LogP contribution is 2.24. The Morgan fingerprint density at radius 2 is 2.15 bits per heavy atom. The molecule has 1 aliphatic heterocycles. The first-order valence-electron chi connectivity index (χ1n) is 9.33. The lowest BCUT2D eigenvalue weighted by molar-refractivity contribution is 0.0655. The molecule has 0 aliphatic carbocycles. The topological polar surface area (TPSA) is 38.1 Å². The number of piperidine rings is 1. The number of likely N-dealkylation sites (tertiary alicyclic amines) is 1. The van der Waals surface area contributed by atoms with Crippen molar-refractivity contribution in [1.29, 1.82) is 0 Å². The fraction of sp³-hybridized carbons (Fsp3) is 0.500. The predicted molar refractivity (Wildman–Crippen MR) is 95.8 cm³/mol. The maximum absolute atomic E-state index is 13.8. The molecule has 0 saturated carbocycles. The van der Waals surface area contributed by atoms with E-state index in [1.54, 1.807) is 16.9 Å². The quantitative estimate of drug-likeness (QED) is 0.778. The normalized spacial score (nSPS) is 17.5. The van der Waals surface area contributed by atoms with E-state index in [2.05, 4.69) is 12.0 Å². The van der Waals surface area contributed by atoms with E-state index in [4.69, 9.17) is 0 Å². The molecule has 2 aromatic rings. The van der Waals surface area contributed by atoms with Gasteiger partial charge in [0, 0.05) is 31.9 Å². The Morgan fingerprint density at radius 1 is 1.31 bits per heavy atom. The average Bonchev–Trinajstić information content (AvgIpc) is 3.09. The van der Waals surface area contributed by atoms with E-state index in [9.17, 15) is 13.6 Å². The summed E-state index contributed by atoms with van der Waals surface area (Å²) in [7, 11) is 0. The van der Waals surface area contributed by atoms with Gasteiger partial charge in [0.15, 0.2) is 0 Å². The van der Waals surface area contributed by atoms with Crippen LogP contribution in [0.25, 0.3) is 0 Å². The average molecular weight is 361 g/mol. The van der Waals surface area contributed by atoms with Gasteiger partial charge in [0.05, 0.1) is 0 Å². The highest BCUT2D eigenvalue weighted by atomic mass is 19.1. The van der Waals surface area contributed by atoms with Crippen LogP contribution < -0.4 is 0 Å². The lowest BCUT2D eigenvalue weighted by Gasteiger charge is -2.33. The van der Waals surface area contributed by atoms with Crippen LogP contribution in [0.5, 0.6) is 0 Å². The molecule has 1 aromatic heterocycles. The molecule has 0 radical (unpaired) electrons. The molecule has 1 fully saturated rings. The van der Waals surface area contributed by atoms with E-state index < -0.39 is 11.6 Å². The van der Waals surface area contributed by atoms with Crippen molar-refractivity contribution in [2.45, 2.75) is 45.6 Å². The van der Waals surface area contributed by atoms with Crippen molar-refractivity contribution in [3.8, 4) is 0 Å². The van der Waals surface area contributed by atoms with Crippen molar-refractivity contribution in [2.75, 3.05) is 13.1 Å². The maximum Gasteiger partial charge on any atom is 0.272 e. The summed E-state index contributed by atoms with van der Waals surface area (Å²) in [6.45, 7) is 4.22. The molecule has 140 valence electrons. The number of nitrogens with zero attached hydrogens (tertiary/aromatic N) is 3. The van der Waals surface area contributed by atoms with Crippen LogP contribution in [-0.4, -0.2) is 33.7 Å². The van der Waals surface area contributed by atoms with Crippen LogP contribution in [0.3, 0.4) is 0 Å². The van der Waals surface area contributed by atoms with Crippen molar-refractivity contribution in [3.63, 3.8) is 0 Å². The number of benzene rings is 1. The fourth-order valence-corrected chi connectivity index (χ4v) is 3.64. The van der Waals surface area contributed by atoms with E-state index >= 15 is 0 Å². The maximum atomic E-state index is 13.8. The highest BCUT2D eigenvalue weighted by molar-refractivity contribution is 5.92. The van der Waals surface area contributed by atoms with E-state index in [1.165, 1.54) is 12.1 Å². The Labute approximate surface area is 152 Å². The zero-order chi connectivity index (χ0) is 18.5. The number of rotatable bonds is 6. The van der Waals surface area contributed by atoms with Gasteiger partial charge in [-0.2, -0.15) is 5.10 Å². The van der Waals surface area contributed by atoms with E-state index in [1.807, 2.05) is 4.90 Å². The zero-order valence-electron chi connectivity index (χ0n) is 15.1. The van der Waals surface area contributed by atoms with E-state index in [0.717, 1.165) is 44.8 Å². The largest absolute Gasteiger partial charge is 0.337 e. The minimum absolute atomic E-state index is 0.0219. The summed E-state index contributed by atoms with van der Waals surface area (Å²) in [5, 5.41) is 4.23. The number of hydrogen-bond acceptors (Lipinski definition) is 2. The van der Waals surface area contributed by atoms with Crippen LogP contribution in [0, 0.1) is 17.6 Å². The van der Waals surface area contributed by atoms with Crippen molar-refractivity contribution >= 4 is 5.91 Å². The third-order valence-electron chi connectivity index (χ3n) is 5.01. The summed E-state index contributed by atoms with van der Waals surface area (Å²) in [6.07, 6.45) is 5.92. The van der Waals surface area contributed by atoms with Crippen molar-refractivity contribution in [2.24, 2.45) is 5.92 Å². The van der Waals surface area contributed by atoms with Gasteiger partial charge in [-0.1, -0.05) is 13.0 Å². The number of carbonyl (C=O) groups excluding carboxylic acids is 1. The summed E-state index contributed by atoms with van der Waals surface area (Å²) < 4.78 is 28.6. The van der Waals surface area contributed by atoms with Crippen LogP contribution in [-0.2, 0) is 13.0 Å². The number of aromatic nitrogens is 2. The lowest BCUT2D eigenvalue weighted by Crippen LogP contribution is -2.41. The third kappa shape index (κ3) is 4.29. The fourth-order valence-electron chi connectivity index (χ4n) is 3.64. The minimum Gasteiger partial charge on any atom is -0.337 e. The van der Waals surface area contributed by atoms with Gasteiger partial charge in [-0.3, -0.25) is 9.48 Å². The van der Waals surface area contributed by atoms with Gasteiger partial charge >= 0.3 is 0 Å². The monoisotopic (exact) mass is 361 g/mol. The molecule has 26 heavy (non-hydrogen) atoms. The van der Waals surface area contributed by atoms with Crippen molar-refractivity contribution < 1.29 is 13.6 Å². The summed E-state index contributed by atoms with van der Waals surface area (Å²) >= 11 is 0. The molecule has 1 saturated heterocycles. The first kappa shape index (κ1) is 18.5. The molecule has 0 unspecified atom stereocenters. The molecule has 2 heterocycles. The molecule has 6 heteroatoms. The molecule has 1 amide bonds. The molecule has 4 nitrogen and oxygen atoms in total. The van der Waals surface area contributed by atoms with Crippen LogP contribution >= 0.6 is 0 Å². The van der Waals surface area contributed by atoms with Gasteiger partial charge in [0.1, 0.15) is 17.3 Å². The molecule has 0 spiro atoms. The Hall–Kier alpha value is -2.24. The summed E-state index contributed by atoms with van der Waals surface area (Å²) in [5.41, 5.74) is 1.17. The SMILES string of the molecule is CCCn1nccc1C(=O)N1CCC[C@H](CCc2ccc(F)cc2F)C1. The van der Waals surface area contributed by atoms with Gasteiger partial charge in [-0.15, -0.1) is 0 Å². The van der Waals surface area contributed by atoms with E-state index in [0.29, 0.717) is 30.1 Å². The highest BCUT2D eigenvalue weighted by Gasteiger charge is 2.26. The lowest BCUT2D eigenvalue weighted by atomic mass is 9.91.